The number of amides is 1. The number of aryl methyl sites for hydroxylation is 1. The van der Waals surface area contributed by atoms with E-state index in [1.165, 1.54) is 0 Å². The Hall–Kier alpha value is -1.69. The molecule has 0 aliphatic carbocycles. The van der Waals surface area contributed by atoms with E-state index in [0.717, 1.165) is 23.6 Å². The van der Waals surface area contributed by atoms with Crippen molar-refractivity contribution in [3.8, 4) is 5.88 Å². The first-order valence-corrected chi connectivity index (χ1v) is 6.48. The SMILES string of the molecule is COc1nc(C(C)C)nc(C)c1C1NCCNC1=O. The van der Waals surface area contributed by atoms with Crippen molar-refractivity contribution < 1.29 is 9.53 Å². The fraction of sp³-hybridized carbons (Fsp3) is 0.615. The highest BCUT2D eigenvalue weighted by Crippen LogP contribution is 2.28. The molecule has 2 heterocycles. The van der Waals surface area contributed by atoms with Gasteiger partial charge in [-0.15, -0.1) is 0 Å². The lowest BCUT2D eigenvalue weighted by atomic mass is 10.0. The van der Waals surface area contributed by atoms with Crippen molar-refractivity contribution in [2.24, 2.45) is 0 Å². The lowest BCUT2D eigenvalue weighted by Crippen LogP contribution is -2.47. The van der Waals surface area contributed by atoms with Crippen LogP contribution in [0.2, 0.25) is 0 Å². The van der Waals surface area contributed by atoms with Crippen molar-refractivity contribution in [3.63, 3.8) is 0 Å². The van der Waals surface area contributed by atoms with Gasteiger partial charge in [-0.2, -0.15) is 4.98 Å². The Balaban J connectivity index is 2.46. The second-order valence-electron chi connectivity index (χ2n) is 4.92. The summed E-state index contributed by atoms with van der Waals surface area (Å²) in [6, 6.07) is -0.440. The van der Waals surface area contributed by atoms with Gasteiger partial charge >= 0.3 is 0 Å². The zero-order chi connectivity index (χ0) is 14.0. The van der Waals surface area contributed by atoms with Gasteiger partial charge in [-0.1, -0.05) is 13.8 Å². The molecule has 1 aliphatic heterocycles. The molecular weight excluding hydrogens is 244 g/mol. The van der Waals surface area contributed by atoms with Crippen LogP contribution in [0.3, 0.4) is 0 Å². The highest BCUT2D eigenvalue weighted by atomic mass is 16.5. The molecule has 1 atom stereocenters. The van der Waals surface area contributed by atoms with Crippen molar-refractivity contribution in [3.05, 3.63) is 17.1 Å². The van der Waals surface area contributed by atoms with E-state index in [9.17, 15) is 4.79 Å². The molecule has 0 saturated carbocycles. The number of nitrogens with zero attached hydrogens (tertiary/aromatic N) is 2. The molecule has 19 heavy (non-hydrogen) atoms. The Morgan fingerprint density at radius 3 is 2.63 bits per heavy atom. The van der Waals surface area contributed by atoms with Crippen LogP contribution in [-0.2, 0) is 4.79 Å². The molecule has 0 bridgehead atoms. The predicted molar refractivity (Wildman–Crippen MR) is 71.2 cm³/mol. The third-order valence-electron chi connectivity index (χ3n) is 3.15. The van der Waals surface area contributed by atoms with Gasteiger partial charge in [0.05, 0.1) is 18.4 Å². The second kappa shape index (κ2) is 5.52. The minimum Gasteiger partial charge on any atom is -0.481 e. The van der Waals surface area contributed by atoms with E-state index >= 15 is 0 Å². The van der Waals surface area contributed by atoms with E-state index in [1.807, 2.05) is 20.8 Å². The van der Waals surface area contributed by atoms with Crippen LogP contribution in [0.5, 0.6) is 5.88 Å². The topological polar surface area (TPSA) is 76.1 Å². The quantitative estimate of drug-likeness (QED) is 0.839. The third kappa shape index (κ3) is 2.68. The summed E-state index contributed by atoms with van der Waals surface area (Å²) >= 11 is 0. The van der Waals surface area contributed by atoms with Crippen molar-refractivity contribution in [1.29, 1.82) is 0 Å². The number of carbonyl (C=O) groups excluding carboxylic acids is 1. The van der Waals surface area contributed by atoms with E-state index in [1.54, 1.807) is 7.11 Å². The van der Waals surface area contributed by atoms with Gasteiger partial charge in [-0.05, 0) is 6.92 Å². The lowest BCUT2D eigenvalue weighted by molar-refractivity contribution is -0.124. The van der Waals surface area contributed by atoms with Gasteiger partial charge in [0.1, 0.15) is 11.9 Å². The molecule has 1 fully saturated rings. The van der Waals surface area contributed by atoms with Crippen LogP contribution in [0.25, 0.3) is 0 Å². The minimum absolute atomic E-state index is 0.0615. The summed E-state index contributed by atoms with van der Waals surface area (Å²) in [4.78, 5) is 20.8. The van der Waals surface area contributed by atoms with Crippen LogP contribution in [0.15, 0.2) is 0 Å². The Bertz CT molecular complexity index is 488. The molecular formula is C13H20N4O2. The Labute approximate surface area is 113 Å². The maximum atomic E-state index is 11.9. The van der Waals surface area contributed by atoms with Crippen molar-refractivity contribution in [2.75, 3.05) is 20.2 Å². The molecule has 1 aromatic heterocycles. The van der Waals surface area contributed by atoms with Gasteiger partial charge in [-0.25, -0.2) is 4.98 Å². The summed E-state index contributed by atoms with van der Waals surface area (Å²) in [7, 11) is 1.57. The smallest absolute Gasteiger partial charge is 0.242 e. The standard InChI is InChI=1S/C13H20N4O2/c1-7(2)11-16-8(3)9(13(17-11)19-4)10-12(18)15-6-5-14-10/h7,10,14H,5-6H2,1-4H3,(H,15,18). The Morgan fingerprint density at radius 2 is 2.05 bits per heavy atom. The predicted octanol–water partition coefficient (Wildman–Crippen LogP) is 0.678. The van der Waals surface area contributed by atoms with Gasteiger partial charge in [0.15, 0.2) is 0 Å². The first kappa shape index (κ1) is 13.7. The first-order chi connectivity index (χ1) is 9.04. The average molecular weight is 264 g/mol. The molecule has 104 valence electrons. The van der Waals surface area contributed by atoms with Crippen LogP contribution in [-0.4, -0.2) is 36.1 Å². The van der Waals surface area contributed by atoms with Gasteiger partial charge in [0.25, 0.3) is 0 Å². The van der Waals surface area contributed by atoms with Crippen LogP contribution < -0.4 is 15.4 Å². The lowest BCUT2D eigenvalue weighted by Gasteiger charge is -2.26. The number of carbonyl (C=O) groups is 1. The summed E-state index contributed by atoms with van der Waals surface area (Å²) < 4.78 is 5.35. The van der Waals surface area contributed by atoms with Gasteiger partial charge in [-0.3, -0.25) is 4.79 Å². The monoisotopic (exact) mass is 264 g/mol. The third-order valence-corrected chi connectivity index (χ3v) is 3.15. The Morgan fingerprint density at radius 1 is 1.32 bits per heavy atom. The van der Waals surface area contributed by atoms with Crippen LogP contribution in [0, 0.1) is 6.92 Å². The molecule has 1 saturated heterocycles. The summed E-state index contributed by atoms with van der Waals surface area (Å²) in [5.41, 5.74) is 1.51. The minimum atomic E-state index is -0.440. The number of aromatic nitrogens is 2. The van der Waals surface area contributed by atoms with Crippen molar-refractivity contribution in [2.45, 2.75) is 32.7 Å². The van der Waals surface area contributed by atoms with Gasteiger partial charge in [0, 0.05) is 19.0 Å². The second-order valence-corrected chi connectivity index (χ2v) is 4.92. The molecule has 0 aromatic carbocycles. The fourth-order valence-corrected chi connectivity index (χ4v) is 2.15. The number of hydrogen-bond acceptors (Lipinski definition) is 5. The van der Waals surface area contributed by atoms with E-state index < -0.39 is 6.04 Å². The van der Waals surface area contributed by atoms with Crippen molar-refractivity contribution in [1.82, 2.24) is 20.6 Å². The molecule has 1 aliphatic rings. The molecule has 0 spiro atoms. The van der Waals surface area contributed by atoms with Gasteiger partial charge in [0.2, 0.25) is 11.8 Å². The summed E-state index contributed by atoms with van der Waals surface area (Å²) in [6.07, 6.45) is 0. The highest BCUT2D eigenvalue weighted by molar-refractivity contribution is 5.84. The van der Waals surface area contributed by atoms with E-state index in [2.05, 4.69) is 20.6 Å². The van der Waals surface area contributed by atoms with E-state index in [4.69, 9.17) is 4.74 Å². The number of rotatable bonds is 3. The normalized spacial score (nSPS) is 19.4. The zero-order valence-electron chi connectivity index (χ0n) is 11.8. The molecule has 1 amide bonds. The molecule has 2 rings (SSSR count). The van der Waals surface area contributed by atoms with Crippen molar-refractivity contribution >= 4 is 5.91 Å². The number of nitrogens with one attached hydrogen (secondary N) is 2. The number of methoxy groups -OCH3 is 1. The molecule has 0 radical (unpaired) electrons. The Kier molecular flexibility index (Phi) is 3.99. The highest BCUT2D eigenvalue weighted by Gasteiger charge is 2.29. The number of hydrogen-bond donors (Lipinski definition) is 2. The molecule has 1 aromatic rings. The number of ether oxygens (including phenoxy) is 1. The fourth-order valence-electron chi connectivity index (χ4n) is 2.15. The summed E-state index contributed by atoms with van der Waals surface area (Å²) in [5.74, 6) is 1.36. The molecule has 2 N–H and O–H groups in total. The van der Waals surface area contributed by atoms with E-state index in [-0.39, 0.29) is 11.8 Å². The largest absolute Gasteiger partial charge is 0.481 e. The average Bonchev–Trinajstić information content (AvgIpc) is 2.39. The number of piperazine rings is 1. The van der Waals surface area contributed by atoms with Gasteiger partial charge < -0.3 is 15.4 Å². The molecule has 6 nitrogen and oxygen atoms in total. The maximum Gasteiger partial charge on any atom is 0.242 e. The van der Waals surface area contributed by atoms with Crippen LogP contribution in [0.1, 0.15) is 42.9 Å². The zero-order valence-corrected chi connectivity index (χ0v) is 11.8. The van der Waals surface area contributed by atoms with E-state index in [0.29, 0.717) is 12.4 Å². The van der Waals surface area contributed by atoms with Crippen LogP contribution >= 0.6 is 0 Å². The first-order valence-electron chi connectivity index (χ1n) is 6.48. The molecule has 6 heteroatoms. The maximum absolute atomic E-state index is 11.9. The molecule has 1 unspecified atom stereocenters. The summed E-state index contributed by atoms with van der Waals surface area (Å²) in [5, 5.41) is 6.01. The van der Waals surface area contributed by atoms with Crippen LogP contribution in [0.4, 0.5) is 0 Å². The summed E-state index contributed by atoms with van der Waals surface area (Å²) in [6.45, 7) is 7.31.